The maximum absolute atomic E-state index is 12.5. The van der Waals surface area contributed by atoms with E-state index >= 15 is 0 Å². The van der Waals surface area contributed by atoms with Crippen LogP contribution in [0.3, 0.4) is 0 Å². The van der Waals surface area contributed by atoms with Gasteiger partial charge in [-0.05, 0) is 42.5 Å². The molecule has 2 aromatic heterocycles. The number of aryl methyl sites for hydroxylation is 1. The summed E-state index contributed by atoms with van der Waals surface area (Å²) in [7, 11) is 0. The number of carbonyl (C=O) groups excluding carboxylic acids is 2. The van der Waals surface area contributed by atoms with E-state index in [9.17, 15) is 9.59 Å². The summed E-state index contributed by atoms with van der Waals surface area (Å²) in [6.45, 7) is 10.4. The first-order chi connectivity index (χ1) is 12.7. The highest BCUT2D eigenvalue weighted by molar-refractivity contribution is 7.30. The largest absolute Gasteiger partial charge is 0.462 e. The van der Waals surface area contributed by atoms with Gasteiger partial charge in [0.15, 0.2) is 5.13 Å². The minimum atomic E-state index is -0.324. The number of anilines is 1. The predicted octanol–water partition coefficient (Wildman–Crippen LogP) is 5.39. The molecule has 0 atom stereocenters. The third kappa shape index (κ3) is 4.04. The van der Waals surface area contributed by atoms with Gasteiger partial charge in [-0.3, -0.25) is 10.1 Å². The molecule has 1 aromatic carbocycles. The Labute approximate surface area is 166 Å². The number of nitrogens with one attached hydrogen (secondary N) is 1. The molecule has 0 unspecified atom stereocenters. The second-order valence-corrected chi connectivity index (χ2v) is 9.21. The van der Waals surface area contributed by atoms with Gasteiger partial charge in [-0.2, -0.15) is 0 Å². The van der Waals surface area contributed by atoms with Gasteiger partial charge in [-0.15, -0.1) is 11.3 Å². The fourth-order valence-electron chi connectivity index (χ4n) is 2.62. The second kappa shape index (κ2) is 7.40. The van der Waals surface area contributed by atoms with Gasteiger partial charge >= 0.3 is 5.97 Å². The van der Waals surface area contributed by atoms with Gasteiger partial charge in [0.25, 0.3) is 5.91 Å². The molecule has 3 rings (SSSR count). The standard InChI is InChI=1S/C20H22N2O3S2/c1-6-25-18(24)15-11(2)14-17(26-15)22-19(27-14)21-16(23)12-7-9-13(10-8-12)20(3,4)5/h7-10H,6H2,1-5H3,(H,21,22,23). The molecule has 0 aliphatic carbocycles. The minimum Gasteiger partial charge on any atom is -0.462 e. The average Bonchev–Trinajstić information content (AvgIpc) is 3.13. The van der Waals surface area contributed by atoms with E-state index in [1.165, 1.54) is 28.2 Å². The normalized spacial score (nSPS) is 11.6. The average molecular weight is 403 g/mol. The molecule has 142 valence electrons. The molecule has 0 saturated heterocycles. The van der Waals surface area contributed by atoms with Crippen molar-refractivity contribution in [1.29, 1.82) is 0 Å². The van der Waals surface area contributed by atoms with Crippen LogP contribution < -0.4 is 5.32 Å². The SMILES string of the molecule is CCOC(=O)c1sc2nc(NC(=O)c3ccc(C(C)(C)C)cc3)sc2c1C. The minimum absolute atomic E-state index is 0.0445. The number of thiazole rings is 1. The molecule has 1 N–H and O–H groups in total. The molecule has 0 bridgehead atoms. The molecule has 0 fully saturated rings. The number of esters is 1. The monoisotopic (exact) mass is 402 g/mol. The van der Waals surface area contributed by atoms with Crippen molar-refractivity contribution in [3.63, 3.8) is 0 Å². The van der Waals surface area contributed by atoms with Gasteiger partial charge in [0.05, 0.1) is 11.3 Å². The predicted molar refractivity (Wildman–Crippen MR) is 111 cm³/mol. The summed E-state index contributed by atoms with van der Waals surface area (Å²) in [5.74, 6) is -0.519. The summed E-state index contributed by atoms with van der Waals surface area (Å²) in [6.07, 6.45) is 0. The van der Waals surface area contributed by atoms with Gasteiger partial charge in [0, 0.05) is 5.56 Å². The maximum Gasteiger partial charge on any atom is 0.348 e. The van der Waals surface area contributed by atoms with Crippen LogP contribution in [-0.2, 0) is 10.2 Å². The molecule has 1 amide bonds. The second-order valence-electron chi connectivity index (χ2n) is 7.21. The molecular weight excluding hydrogens is 380 g/mol. The Balaban J connectivity index is 1.78. The number of hydrogen-bond donors (Lipinski definition) is 1. The van der Waals surface area contributed by atoms with Gasteiger partial charge < -0.3 is 4.74 Å². The zero-order valence-corrected chi connectivity index (χ0v) is 17.6. The van der Waals surface area contributed by atoms with Crippen LogP contribution >= 0.6 is 22.7 Å². The number of rotatable bonds is 4. The molecule has 27 heavy (non-hydrogen) atoms. The summed E-state index contributed by atoms with van der Waals surface area (Å²) >= 11 is 2.66. The van der Waals surface area contributed by atoms with E-state index in [-0.39, 0.29) is 17.3 Å². The number of fused-ring (bicyclic) bond motifs is 1. The van der Waals surface area contributed by atoms with Crippen molar-refractivity contribution in [2.24, 2.45) is 0 Å². The lowest BCUT2D eigenvalue weighted by Crippen LogP contribution is -2.14. The smallest absolute Gasteiger partial charge is 0.348 e. The maximum atomic E-state index is 12.5. The molecule has 2 heterocycles. The summed E-state index contributed by atoms with van der Waals surface area (Å²) in [5.41, 5.74) is 2.66. The summed E-state index contributed by atoms with van der Waals surface area (Å²) < 4.78 is 5.98. The fourth-order valence-corrected chi connectivity index (χ4v) is 4.83. The Bertz CT molecular complexity index is 995. The Morgan fingerprint density at radius 3 is 2.37 bits per heavy atom. The molecule has 0 spiro atoms. The summed E-state index contributed by atoms with van der Waals surface area (Å²) in [6, 6.07) is 7.61. The first kappa shape index (κ1) is 19.5. The third-order valence-electron chi connectivity index (χ3n) is 4.17. The number of benzene rings is 1. The quantitative estimate of drug-likeness (QED) is 0.594. The number of carbonyl (C=O) groups is 2. The van der Waals surface area contributed by atoms with Gasteiger partial charge in [0.1, 0.15) is 9.71 Å². The van der Waals surface area contributed by atoms with Crippen LogP contribution in [0.25, 0.3) is 9.53 Å². The Hall–Kier alpha value is -2.25. The van der Waals surface area contributed by atoms with Crippen molar-refractivity contribution in [3.8, 4) is 0 Å². The van der Waals surface area contributed by atoms with Crippen molar-refractivity contribution in [1.82, 2.24) is 4.98 Å². The van der Waals surface area contributed by atoms with Crippen LogP contribution in [0.5, 0.6) is 0 Å². The third-order valence-corrected chi connectivity index (χ3v) is 6.56. The molecule has 7 heteroatoms. The lowest BCUT2D eigenvalue weighted by Gasteiger charge is -2.18. The van der Waals surface area contributed by atoms with E-state index in [1.54, 1.807) is 6.92 Å². The highest BCUT2D eigenvalue weighted by atomic mass is 32.1. The highest BCUT2D eigenvalue weighted by Gasteiger charge is 2.21. The molecular formula is C20H22N2O3S2. The van der Waals surface area contributed by atoms with Gasteiger partial charge in [0.2, 0.25) is 0 Å². The number of nitrogens with zero attached hydrogens (tertiary/aromatic N) is 1. The van der Waals surface area contributed by atoms with Crippen molar-refractivity contribution in [2.75, 3.05) is 11.9 Å². The Morgan fingerprint density at radius 1 is 1.15 bits per heavy atom. The number of amides is 1. The van der Waals surface area contributed by atoms with Gasteiger partial charge in [-0.1, -0.05) is 44.2 Å². The summed E-state index contributed by atoms with van der Waals surface area (Å²) in [5, 5.41) is 3.38. The van der Waals surface area contributed by atoms with Crippen LogP contribution in [0.15, 0.2) is 24.3 Å². The number of hydrogen-bond acceptors (Lipinski definition) is 6. The Kier molecular flexibility index (Phi) is 5.35. The zero-order valence-electron chi connectivity index (χ0n) is 16.0. The van der Waals surface area contributed by atoms with E-state index in [2.05, 4.69) is 31.1 Å². The van der Waals surface area contributed by atoms with E-state index in [0.29, 0.717) is 22.2 Å². The molecule has 0 aliphatic heterocycles. The van der Waals surface area contributed by atoms with E-state index in [1.807, 2.05) is 31.2 Å². The first-order valence-electron chi connectivity index (χ1n) is 8.69. The highest BCUT2D eigenvalue weighted by Crippen LogP contribution is 2.37. The van der Waals surface area contributed by atoms with E-state index in [4.69, 9.17) is 4.74 Å². The van der Waals surface area contributed by atoms with Crippen molar-refractivity contribution in [2.45, 2.75) is 40.0 Å². The van der Waals surface area contributed by atoms with E-state index in [0.717, 1.165) is 15.1 Å². The molecule has 0 aliphatic rings. The lowest BCUT2D eigenvalue weighted by molar-refractivity contribution is 0.0531. The number of ether oxygens (including phenoxy) is 1. The molecule has 0 saturated carbocycles. The molecule has 5 nitrogen and oxygen atoms in total. The molecule has 0 radical (unpaired) electrons. The van der Waals surface area contributed by atoms with Gasteiger partial charge in [-0.25, -0.2) is 9.78 Å². The number of thiophene rings is 1. The lowest BCUT2D eigenvalue weighted by atomic mass is 9.87. The van der Waals surface area contributed by atoms with Crippen LogP contribution in [0, 0.1) is 6.92 Å². The zero-order chi connectivity index (χ0) is 19.8. The topological polar surface area (TPSA) is 68.3 Å². The summed E-state index contributed by atoms with van der Waals surface area (Å²) in [4.78, 5) is 30.2. The van der Waals surface area contributed by atoms with Crippen LogP contribution in [0.2, 0.25) is 0 Å². The number of aromatic nitrogens is 1. The van der Waals surface area contributed by atoms with Crippen LogP contribution in [0.4, 0.5) is 5.13 Å². The van der Waals surface area contributed by atoms with Crippen molar-refractivity contribution < 1.29 is 14.3 Å². The van der Waals surface area contributed by atoms with E-state index < -0.39 is 0 Å². The van der Waals surface area contributed by atoms with Crippen molar-refractivity contribution >= 4 is 49.2 Å². The van der Waals surface area contributed by atoms with Crippen molar-refractivity contribution in [3.05, 3.63) is 45.8 Å². The fraction of sp³-hybridized carbons (Fsp3) is 0.350. The Morgan fingerprint density at radius 2 is 1.81 bits per heavy atom. The van der Waals surface area contributed by atoms with Crippen LogP contribution in [-0.4, -0.2) is 23.5 Å². The van der Waals surface area contributed by atoms with Crippen LogP contribution in [0.1, 0.15) is 58.9 Å². The molecule has 3 aromatic rings. The first-order valence-corrected chi connectivity index (χ1v) is 10.3.